The second-order valence-corrected chi connectivity index (χ2v) is 8.58. The summed E-state index contributed by atoms with van der Waals surface area (Å²) in [6.07, 6.45) is 8.79. The van der Waals surface area contributed by atoms with Crippen molar-refractivity contribution in [2.24, 2.45) is 5.92 Å². The molecule has 1 N–H and O–H groups in total. The van der Waals surface area contributed by atoms with E-state index >= 15 is 0 Å². The molecule has 2 aliphatic rings. The van der Waals surface area contributed by atoms with Gasteiger partial charge in [0.2, 0.25) is 6.29 Å². The van der Waals surface area contributed by atoms with E-state index in [1.807, 2.05) is 24.0 Å². The predicted molar refractivity (Wildman–Crippen MR) is 111 cm³/mol. The molecular weight excluding hydrogens is 374 g/mol. The molecule has 0 radical (unpaired) electrons. The number of likely N-dealkylation sites (tertiary alicyclic amines) is 1. The lowest BCUT2D eigenvalue weighted by Crippen LogP contribution is -2.41. The standard InChI is InChI=1S/C22H33NO4S/c1-2-26-22-17(10-8-14-24)18(20-11-9-15-28-20)16-19(27-22)21(25)23-12-6-4-3-5-7-13-23/h9,11,15-18,22,24H,2-8,10,12-14H2,1H3/t17-,18+,22-/m0/s1. The first-order chi connectivity index (χ1) is 13.7. The van der Waals surface area contributed by atoms with Crippen LogP contribution < -0.4 is 0 Å². The van der Waals surface area contributed by atoms with Crippen LogP contribution >= 0.6 is 11.3 Å². The van der Waals surface area contributed by atoms with Crippen molar-refractivity contribution < 1.29 is 19.4 Å². The first-order valence-corrected chi connectivity index (χ1v) is 11.6. The van der Waals surface area contributed by atoms with Gasteiger partial charge in [0.05, 0.1) is 0 Å². The van der Waals surface area contributed by atoms with Gasteiger partial charge in [-0.05, 0) is 50.1 Å². The lowest BCUT2D eigenvalue weighted by atomic mass is 9.84. The van der Waals surface area contributed by atoms with E-state index in [4.69, 9.17) is 9.47 Å². The zero-order valence-electron chi connectivity index (χ0n) is 16.8. The molecule has 6 heteroatoms. The molecule has 5 nitrogen and oxygen atoms in total. The Morgan fingerprint density at radius 3 is 2.68 bits per heavy atom. The van der Waals surface area contributed by atoms with Crippen LogP contribution in [0, 0.1) is 5.92 Å². The lowest BCUT2D eigenvalue weighted by molar-refractivity contribution is -0.170. The fourth-order valence-corrected chi connectivity index (χ4v) is 5.05. The van der Waals surface area contributed by atoms with Gasteiger partial charge >= 0.3 is 0 Å². The summed E-state index contributed by atoms with van der Waals surface area (Å²) in [4.78, 5) is 16.4. The Balaban J connectivity index is 1.85. The zero-order chi connectivity index (χ0) is 19.8. The average molecular weight is 408 g/mol. The molecule has 0 bridgehead atoms. The van der Waals surface area contributed by atoms with Crippen molar-refractivity contribution in [3.8, 4) is 0 Å². The van der Waals surface area contributed by atoms with Gasteiger partial charge in [-0.2, -0.15) is 0 Å². The van der Waals surface area contributed by atoms with Crippen LogP contribution in [-0.4, -0.2) is 48.5 Å². The second-order valence-electron chi connectivity index (χ2n) is 7.60. The van der Waals surface area contributed by atoms with Crippen molar-refractivity contribution in [3.63, 3.8) is 0 Å². The zero-order valence-corrected chi connectivity index (χ0v) is 17.7. The van der Waals surface area contributed by atoms with E-state index in [2.05, 4.69) is 11.4 Å². The number of thiophene rings is 1. The third-order valence-electron chi connectivity index (χ3n) is 5.64. The summed E-state index contributed by atoms with van der Waals surface area (Å²) in [6, 6.07) is 4.16. The average Bonchev–Trinajstić information content (AvgIpc) is 3.20. The Labute approximate surface area is 172 Å². The van der Waals surface area contributed by atoms with Crippen LogP contribution in [0.25, 0.3) is 0 Å². The van der Waals surface area contributed by atoms with E-state index in [1.54, 1.807) is 11.3 Å². The van der Waals surface area contributed by atoms with E-state index < -0.39 is 6.29 Å². The maximum Gasteiger partial charge on any atom is 0.288 e. The van der Waals surface area contributed by atoms with E-state index in [0.29, 0.717) is 18.8 Å². The van der Waals surface area contributed by atoms with E-state index in [9.17, 15) is 9.90 Å². The smallest absolute Gasteiger partial charge is 0.288 e. The van der Waals surface area contributed by atoms with E-state index in [-0.39, 0.29) is 24.3 Å². The highest BCUT2D eigenvalue weighted by Gasteiger charge is 2.39. The third-order valence-corrected chi connectivity index (χ3v) is 6.61. The summed E-state index contributed by atoms with van der Waals surface area (Å²) in [5.74, 6) is 0.589. The maximum absolute atomic E-state index is 13.2. The molecule has 2 aliphatic heterocycles. The highest BCUT2D eigenvalue weighted by Crippen LogP contribution is 2.41. The molecule has 0 spiro atoms. The van der Waals surface area contributed by atoms with Crippen molar-refractivity contribution in [1.82, 2.24) is 4.90 Å². The van der Waals surface area contributed by atoms with Crippen LogP contribution in [0.1, 0.15) is 62.7 Å². The summed E-state index contributed by atoms with van der Waals surface area (Å²) >= 11 is 1.70. The van der Waals surface area contributed by atoms with Gasteiger partial charge in [0.25, 0.3) is 5.91 Å². The van der Waals surface area contributed by atoms with Crippen molar-refractivity contribution in [2.45, 2.75) is 64.1 Å². The number of allylic oxidation sites excluding steroid dienone is 1. The lowest BCUT2D eigenvalue weighted by Gasteiger charge is -2.37. The van der Waals surface area contributed by atoms with Crippen molar-refractivity contribution in [1.29, 1.82) is 0 Å². The van der Waals surface area contributed by atoms with Gasteiger partial charge in [-0.3, -0.25) is 4.79 Å². The predicted octanol–water partition coefficient (Wildman–Crippen LogP) is 4.29. The Morgan fingerprint density at radius 2 is 2.04 bits per heavy atom. The molecule has 1 aromatic rings. The molecule has 0 aliphatic carbocycles. The Morgan fingerprint density at radius 1 is 1.29 bits per heavy atom. The first-order valence-electron chi connectivity index (χ1n) is 10.7. The molecule has 0 saturated carbocycles. The highest BCUT2D eigenvalue weighted by molar-refractivity contribution is 7.10. The molecule has 1 amide bonds. The van der Waals surface area contributed by atoms with Crippen LogP contribution in [0.2, 0.25) is 0 Å². The fourth-order valence-electron chi connectivity index (χ4n) is 4.17. The Hall–Kier alpha value is -1.37. The van der Waals surface area contributed by atoms with Gasteiger partial charge in [-0.25, -0.2) is 0 Å². The molecule has 3 atom stereocenters. The molecule has 1 fully saturated rings. The van der Waals surface area contributed by atoms with Gasteiger partial charge in [0, 0.05) is 43.0 Å². The number of carbonyl (C=O) groups excluding carboxylic acids is 1. The van der Waals surface area contributed by atoms with Crippen LogP contribution in [-0.2, 0) is 14.3 Å². The molecule has 1 aromatic heterocycles. The van der Waals surface area contributed by atoms with Crippen LogP contribution in [0.3, 0.4) is 0 Å². The van der Waals surface area contributed by atoms with Gasteiger partial charge in [-0.1, -0.05) is 25.3 Å². The number of rotatable bonds is 7. The largest absolute Gasteiger partial charge is 0.459 e. The first kappa shape index (κ1) is 21.3. The molecule has 156 valence electrons. The molecule has 28 heavy (non-hydrogen) atoms. The number of amides is 1. The minimum absolute atomic E-state index is 0.00577. The number of aliphatic hydroxyl groups excluding tert-OH is 1. The van der Waals surface area contributed by atoms with Gasteiger partial charge in [0.15, 0.2) is 5.76 Å². The molecular formula is C22H33NO4S. The van der Waals surface area contributed by atoms with Crippen molar-refractivity contribution >= 4 is 17.2 Å². The van der Waals surface area contributed by atoms with Crippen LogP contribution in [0.4, 0.5) is 0 Å². The number of carbonyl (C=O) groups is 1. The summed E-state index contributed by atoms with van der Waals surface area (Å²) in [5, 5.41) is 11.4. The highest BCUT2D eigenvalue weighted by atomic mass is 32.1. The summed E-state index contributed by atoms with van der Waals surface area (Å²) in [5.41, 5.74) is 0. The maximum atomic E-state index is 13.2. The van der Waals surface area contributed by atoms with Crippen molar-refractivity contribution in [2.75, 3.05) is 26.3 Å². The molecule has 3 heterocycles. The monoisotopic (exact) mass is 407 g/mol. The van der Waals surface area contributed by atoms with Crippen LogP contribution in [0.15, 0.2) is 29.3 Å². The normalized spacial score (nSPS) is 26.1. The minimum Gasteiger partial charge on any atom is -0.459 e. The van der Waals surface area contributed by atoms with Crippen LogP contribution in [0.5, 0.6) is 0 Å². The summed E-state index contributed by atoms with van der Waals surface area (Å²) in [6.45, 7) is 4.23. The molecule has 1 saturated heterocycles. The Bertz CT molecular complexity index is 622. The second kappa shape index (κ2) is 11.0. The Kier molecular flexibility index (Phi) is 8.37. The number of ether oxygens (including phenoxy) is 2. The van der Waals surface area contributed by atoms with E-state index in [0.717, 1.165) is 32.4 Å². The number of nitrogens with zero attached hydrogens (tertiary/aromatic N) is 1. The molecule has 0 aromatic carbocycles. The quantitative estimate of drug-likeness (QED) is 0.732. The number of hydrogen-bond acceptors (Lipinski definition) is 5. The van der Waals surface area contributed by atoms with Gasteiger partial charge in [-0.15, -0.1) is 11.3 Å². The van der Waals surface area contributed by atoms with Gasteiger partial charge in [0.1, 0.15) is 0 Å². The molecule has 0 unspecified atom stereocenters. The summed E-state index contributed by atoms with van der Waals surface area (Å²) < 4.78 is 12.0. The van der Waals surface area contributed by atoms with Crippen molar-refractivity contribution in [3.05, 3.63) is 34.2 Å². The topological polar surface area (TPSA) is 59.0 Å². The summed E-state index contributed by atoms with van der Waals surface area (Å²) in [7, 11) is 0. The third kappa shape index (κ3) is 5.37. The molecule has 3 rings (SSSR count). The van der Waals surface area contributed by atoms with Gasteiger partial charge < -0.3 is 19.5 Å². The fraction of sp³-hybridized carbons (Fsp3) is 0.682. The number of aliphatic hydroxyl groups is 1. The SMILES string of the molecule is CCO[C@H]1OC(C(=O)N2CCCCCCC2)=C[C@@H](c2cccs2)[C@@H]1CCCO. The van der Waals surface area contributed by atoms with E-state index in [1.165, 1.54) is 24.1 Å². The number of hydrogen-bond donors (Lipinski definition) is 1. The minimum atomic E-state index is -0.456.